The van der Waals surface area contributed by atoms with E-state index < -0.39 is 0 Å². The molecule has 1 rings (SSSR count). The molecular weight excluding hydrogens is 130 g/mol. The van der Waals surface area contributed by atoms with Crippen molar-refractivity contribution in [2.24, 2.45) is 0 Å². The van der Waals surface area contributed by atoms with Crippen molar-refractivity contribution in [2.75, 3.05) is 5.73 Å². The van der Waals surface area contributed by atoms with E-state index in [0.29, 0.717) is 0 Å². The lowest BCUT2D eigenvalue weighted by molar-refractivity contribution is 1.30. The number of aromatic amines is 1. The van der Waals surface area contributed by atoms with Crippen molar-refractivity contribution < 1.29 is 0 Å². The van der Waals surface area contributed by atoms with Gasteiger partial charge in [0, 0.05) is 0 Å². The second kappa shape index (κ2) is 2.19. The summed E-state index contributed by atoms with van der Waals surface area (Å²) in [7, 11) is 0. The third-order valence-corrected chi connectivity index (χ3v) is 1.00. The largest absolute Gasteiger partial charge is 0.384 e. The summed E-state index contributed by atoms with van der Waals surface area (Å²) < 4.78 is 0. The minimum absolute atomic E-state index is 0.218. The van der Waals surface area contributed by atoms with Crippen LogP contribution in [0.2, 0.25) is 0 Å². The second-order valence-corrected chi connectivity index (χ2v) is 1.63. The number of imidazole rings is 1. The first kappa shape index (κ1) is 6.29. The van der Waals surface area contributed by atoms with Crippen LogP contribution in [0.4, 0.5) is 5.82 Å². The van der Waals surface area contributed by atoms with Crippen molar-refractivity contribution in [1.29, 1.82) is 5.41 Å². The van der Waals surface area contributed by atoms with Crippen LogP contribution >= 0.6 is 0 Å². The molecule has 10 heavy (non-hydrogen) atoms. The van der Waals surface area contributed by atoms with E-state index in [1.165, 1.54) is 6.33 Å². The molecule has 0 bridgehead atoms. The third kappa shape index (κ3) is 0.821. The van der Waals surface area contributed by atoms with Crippen LogP contribution in [0.1, 0.15) is 5.69 Å². The molecule has 4 N–H and O–H groups in total. The van der Waals surface area contributed by atoms with Gasteiger partial charge in [-0.15, -0.1) is 0 Å². The molecule has 1 heterocycles. The van der Waals surface area contributed by atoms with Gasteiger partial charge in [0.2, 0.25) is 0 Å². The number of rotatable bonds is 1. The zero-order valence-corrected chi connectivity index (χ0v) is 5.05. The molecule has 0 saturated carbocycles. The summed E-state index contributed by atoms with van der Waals surface area (Å²) in [5, 5.41) is 7.02. The lowest BCUT2D eigenvalue weighted by Crippen LogP contribution is -1.97. The van der Waals surface area contributed by atoms with Gasteiger partial charge in [-0.1, -0.05) is 6.57 Å². The first-order chi connectivity index (χ1) is 4.75. The second-order valence-electron chi connectivity index (χ2n) is 1.63. The minimum Gasteiger partial charge on any atom is -0.384 e. The summed E-state index contributed by atoms with van der Waals surface area (Å²) >= 11 is 0. The maximum absolute atomic E-state index is 7.02. The molecule has 0 fully saturated rings. The molecule has 0 saturated heterocycles. The van der Waals surface area contributed by atoms with Gasteiger partial charge in [0.1, 0.15) is 11.5 Å². The smallest absolute Gasteiger partial charge is 0.291 e. The highest BCUT2D eigenvalue weighted by Gasteiger charge is 2.05. The number of aromatic nitrogens is 2. The molecule has 0 unspecified atom stereocenters. The third-order valence-electron chi connectivity index (χ3n) is 1.00. The monoisotopic (exact) mass is 135 g/mol. The lowest BCUT2D eigenvalue weighted by Gasteiger charge is -1.88. The molecule has 0 radical (unpaired) electrons. The van der Waals surface area contributed by atoms with Crippen LogP contribution in [0.25, 0.3) is 4.85 Å². The Balaban J connectivity index is 3.08. The molecule has 1 aromatic rings. The summed E-state index contributed by atoms with van der Waals surface area (Å²) in [6.45, 7) is 6.47. The Labute approximate surface area is 57.2 Å². The first-order valence-corrected chi connectivity index (χ1v) is 2.51. The molecular formula is C5H5N5. The van der Waals surface area contributed by atoms with Gasteiger partial charge in [-0.25, -0.2) is 4.98 Å². The molecule has 0 amide bonds. The topological polar surface area (TPSA) is 82.9 Å². The van der Waals surface area contributed by atoms with E-state index >= 15 is 0 Å². The Morgan fingerprint density at radius 1 is 1.90 bits per heavy atom. The minimum atomic E-state index is -0.237. The number of hydrogen-bond donors (Lipinski definition) is 3. The fourth-order valence-electron chi connectivity index (χ4n) is 0.546. The van der Waals surface area contributed by atoms with Crippen LogP contribution in [0, 0.1) is 12.0 Å². The number of amidine groups is 1. The van der Waals surface area contributed by atoms with E-state index in [0.717, 1.165) is 0 Å². The van der Waals surface area contributed by atoms with Crippen LogP contribution in [-0.2, 0) is 0 Å². The number of hydrogen-bond acceptors (Lipinski definition) is 3. The molecule has 50 valence electrons. The standard InChI is InChI=1S/C5H5N5/c1-8-4(6)3-5(7)10-2-9-3/h2,6H,7H2,(H,9,10). The quantitative estimate of drug-likeness (QED) is 0.293. The Bertz CT molecular complexity index is 291. The van der Waals surface area contributed by atoms with Crippen molar-refractivity contribution in [3.05, 3.63) is 23.4 Å². The van der Waals surface area contributed by atoms with Crippen LogP contribution in [0.3, 0.4) is 0 Å². The summed E-state index contributed by atoms with van der Waals surface area (Å²) in [5.41, 5.74) is 5.53. The zero-order chi connectivity index (χ0) is 7.56. The zero-order valence-electron chi connectivity index (χ0n) is 5.05. The van der Waals surface area contributed by atoms with Crippen molar-refractivity contribution in [3.63, 3.8) is 0 Å². The number of nitrogens with one attached hydrogen (secondary N) is 2. The lowest BCUT2D eigenvalue weighted by atomic mass is 10.4. The van der Waals surface area contributed by atoms with E-state index in [-0.39, 0.29) is 17.3 Å². The molecule has 0 aliphatic carbocycles. The van der Waals surface area contributed by atoms with Gasteiger partial charge in [-0.05, 0) is 0 Å². The number of nitrogens with zero attached hydrogens (tertiary/aromatic N) is 2. The Morgan fingerprint density at radius 3 is 3.00 bits per heavy atom. The summed E-state index contributed by atoms with van der Waals surface area (Å²) in [4.78, 5) is 9.10. The molecule has 5 heteroatoms. The predicted octanol–water partition coefficient (Wildman–Crippen LogP) is 0.237. The van der Waals surface area contributed by atoms with Crippen LogP contribution < -0.4 is 5.73 Å². The molecule has 0 spiro atoms. The van der Waals surface area contributed by atoms with E-state index in [2.05, 4.69) is 14.8 Å². The Kier molecular flexibility index (Phi) is 1.38. The van der Waals surface area contributed by atoms with Crippen LogP contribution in [0.5, 0.6) is 0 Å². The van der Waals surface area contributed by atoms with Crippen molar-refractivity contribution in [1.82, 2.24) is 9.97 Å². The normalized spacial score (nSPS) is 8.70. The van der Waals surface area contributed by atoms with Gasteiger partial charge in [0.15, 0.2) is 0 Å². The highest BCUT2D eigenvalue weighted by molar-refractivity contribution is 6.05. The Morgan fingerprint density at radius 2 is 2.60 bits per heavy atom. The molecule has 5 nitrogen and oxygen atoms in total. The average Bonchev–Trinajstić information content (AvgIpc) is 2.34. The Hall–Kier alpha value is -1.83. The average molecular weight is 135 g/mol. The number of H-pyrrole nitrogens is 1. The molecule has 0 aliphatic heterocycles. The van der Waals surface area contributed by atoms with Crippen molar-refractivity contribution >= 4 is 11.7 Å². The SMILES string of the molecule is [C-]#[N+]C(=N)c1nc[nH]c1N. The van der Waals surface area contributed by atoms with Crippen molar-refractivity contribution in [2.45, 2.75) is 0 Å². The van der Waals surface area contributed by atoms with Gasteiger partial charge >= 0.3 is 0 Å². The maximum Gasteiger partial charge on any atom is 0.291 e. The van der Waals surface area contributed by atoms with E-state index in [1.54, 1.807) is 0 Å². The van der Waals surface area contributed by atoms with E-state index in [4.69, 9.17) is 17.7 Å². The van der Waals surface area contributed by atoms with E-state index in [9.17, 15) is 0 Å². The van der Waals surface area contributed by atoms with Gasteiger partial charge in [-0.2, -0.15) is 5.41 Å². The first-order valence-electron chi connectivity index (χ1n) is 2.51. The fraction of sp³-hybridized carbons (Fsp3) is 0. The maximum atomic E-state index is 7.02. The molecule has 1 aromatic heterocycles. The van der Waals surface area contributed by atoms with Crippen LogP contribution in [0.15, 0.2) is 6.33 Å². The van der Waals surface area contributed by atoms with Gasteiger partial charge in [0.05, 0.1) is 6.33 Å². The highest BCUT2D eigenvalue weighted by atomic mass is 15.0. The number of nitrogen functional groups attached to an aromatic ring is 1. The van der Waals surface area contributed by atoms with Gasteiger partial charge in [-0.3, -0.25) is 0 Å². The van der Waals surface area contributed by atoms with Crippen molar-refractivity contribution in [3.8, 4) is 0 Å². The molecule has 0 aromatic carbocycles. The van der Waals surface area contributed by atoms with Gasteiger partial charge < -0.3 is 15.6 Å². The molecule has 0 aliphatic rings. The molecule has 0 atom stereocenters. The van der Waals surface area contributed by atoms with E-state index in [1.807, 2.05) is 0 Å². The number of nitrogens with two attached hydrogens (primary N) is 1. The van der Waals surface area contributed by atoms with Gasteiger partial charge in [0.25, 0.3) is 5.84 Å². The highest BCUT2D eigenvalue weighted by Crippen LogP contribution is 2.04. The predicted molar refractivity (Wildman–Crippen MR) is 36.4 cm³/mol. The number of anilines is 1. The van der Waals surface area contributed by atoms with Crippen LogP contribution in [-0.4, -0.2) is 15.8 Å². The summed E-state index contributed by atoms with van der Waals surface area (Å²) in [5.74, 6) is 0.0275. The summed E-state index contributed by atoms with van der Waals surface area (Å²) in [6.07, 6.45) is 1.35. The fourth-order valence-corrected chi connectivity index (χ4v) is 0.546. The summed E-state index contributed by atoms with van der Waals surface area (Å²) in [6, 6.07) is 0.